The van der Waals surface area contributed by atoms with Crippen LogP contribution in [-0.4, -0.2) is 25.7 Å². The van der Waals surface area contributed by atoms with Crippen LogP contribution in [0, 0.1) is 0 Å². The summed E-state index contributed by atoms with van der Waals surface area (Å²) < 4.78 is 13.9. The van der Waals surface area contributed by atoms with Crippen LogP contribution in [0.25, 0.3) is 0 Å². The molecule has 0 aromatic carbocycles. The topological polar surface area (TPSA) is 65.7 Å². The van der Waals surface area contributed by atoms with Gasteiger partial charge in [-0.1, -0.05) is 0 Å². The predicted octanol–water partition coefficient (Wildman–Crippen LogP) is 1.24. The monoisotopic (exact) mass is 198 g/mol. The summed E-state index contributed by atoms with van der Waals surface area (Å²) in [5.74, 6) is -1.43. The van der Waals surface area contributed by atoms with Gasteiger partial charge in [-0.3, -0.25) is 0 Å². The molecular formula is C9H10O5. The summed E-state index contributed by atoms with van der Waals surface area (Å²) in [5, 5.41) is 0. The summed E-state index contributed by atoms with van der Waals surface area (Å²) in [6, 6.07) is 1.37. The van der Waals surface area contributed by atoms with Crippen LogP contribution in [0.2, 0.25) is 0 Å². The van der Waals surface area contributed by atoms with Crippen molar-refractivity contribution in [3.8, 4) is 0 Å². The Bertz CT molecular complexity index is 339. The van der Waals surface area contributed by atoms with Crippen LogP contribution >= 0.6 is 0 Å². The first-order valence-electron chi connectivity index (χ1n) is 4.03. The Morgan fingerprint density at radius 3 is 2.71 bits per heavy atom. The molecule has 1 rings (SSSR count). The van der Waals surface area contributed by atoms with Gasteiger partial charge in [0.1, 0.15) is 5.56 Å². The van der Waals surface area contributed by atoms with E-state index in [2.05, 4.69) is 4.74 Å². The summed E-state index contributed by atoms with van der Waals surface area (Å²) in [6.07, 6.45) is 1.23. The lowest BCUT2D eigenvalue weighted by Gasteiger charge is -2.00. The summed E-state index contributed by atoms with van der Waals surface area (Å²) in [4.78, 5) is 22.3. The lowest BCUT2D eigenvalue weighted by molar-refractivity contribution is 0.0489. The Morgan fingerprint density at radius 2 is 2.14 bits per heavy atom. The van der Waals surface area contributed by atoms with Crippen LogP contribution in [0.3, 0.4) is 0 Å². The number of hydrogen-bond donors (Lipinski definition) is 0. The van der Waals surface area contributed by atoms with Gasteiger partial charge in [-0.05, 0) is 13.0 Å². The van der Waals surface area contributed by atoms with Crippen molar-refractivity contribution in [1.82, 2.24) is 0 Å². The van der Waals surface area contributed by atoms with Crippen LogP contribution in [0.4, 0.5) is 0 Å². The fourth-order valence-electron chi connectivity index (χ4n) is 0.930. The number of carbonyl (C=O) groups is 2. The van der Waals surface area contributed by atoms with Gasteiger partial charge < -0.3 is 13.9 Å². The molecular weight excluding hydrogens is 188 g/mol. The maximum atomic E-state index is 11.3. The number of esters is 2. The van der Waals surface area contributed by atoms with Gasteiger partial charge in [0.05, 0.1) is 20.0 Å². The summed E-state index contributed by atoms with van der Waals surface area (Å²) in [6.45, 7) is 1.92. The standard InChI is InChI=1S/C9H10O5/c1-3-13-8(10)6-4-5-14-7(6)9(11)12-2/h4-5H,3H2,1-2H3. The molecule has 14 heavy (non-hydrogen) atoms. The van der Waals surface area contributed by atoms with Crippen LogP contribution in [0.15, 0.2) is 16.7 Å². The SMILES string of the molecule is CCOC(=O)c1ccoc1C(=O)OC. The molecule has 76 valence electrons. The molecule has 1 heterocycles. The van der Waals surface area contributed by atoms with Crippen molar-refractivity contribution in [2.45, 2.75) is 6.92 Å². The highest BCUT2D eigenvalue weighted by atomic mass is 16.5. The number of hydrogen-bond acceptors (Lipinski definition) is 5. The second-order valence-electron chi connectivity index (χ2n) is 2.38. The largest absolute Gasteiger partial charge is 0.463 e. The van der Waals surface area contributed by atoms with Gasteiger partial charge >= 0.3 is 11.9 Å². The molecule has 0 spiro atoms. The van der Waals surface area contributed by atoms with Crippen molar-refractivity contribution in [3.05, 3.63) is 23.7 Å². The van der Waals surface area contributed by atoms with E-state index in [-0.39, 0.29) is 17.9 Å². The molecule has 0 fully saturated rings. The lowest BCUT2D eigenvalue weighted by atomic mass is 10.2. The summed E-state index contributed by atoms with van der Waals surface area (Å²) >= 11 is 0. The van der Waals surface area contributed by atoms with Gasteiger partial charge in [0, 0.05) is 0 Å². The fraction of sp³-hybridized carbons (Fsp3) is 0.333. The first-order valence-corrected chi connectivity index (χ1v) is 4.03. The number of rotatable bonds is 3. The van der Waals surface area contributed by atoms with Gasteiger partial charge in [0.25, 0.3) is 0 Å². The quantitative estimate of drug-likeness (QED) is 0.683. The Labute approximate surface area is 80.6 Å². The average molecular weight is 198 g/mol. The first kappa shape index (κ1) is 10.3. The smallest absolute Gasteiger partial charge is 0.374 e. The molecule has 0 saturated heterocycles. The fourth-order valence-corrected chi connectivity index (χ4v) is 0.930. The third-order valence-electron chi connectivity index (χ3n) is 1.53. The molecule has 1 aromatic heterocycles. The van der Waals surface area contributed by atoms with E-state index in [0.29, 0.717) is 0 Å². The zero-order chi connectivity index (χ0) is 10.6. The minimum Gasteiger partial charge on any atom is -0.463 e. The molecule has 0 aliphatic heterocycles. The van der Waals surface area contributed by atoms with Gasteiger partial charge in [-0.25, -0.2) is 9.59 Å². The Balaban J connectivity index is 2.92. The average Bonchev–Trinajstić information content (AvgIpc) is 2.65. The molecule has 0 atom stereocenters. The van der Waals surface area contributed by atoms with E-state index in [9.17, 15) is 9.59 Å². The van der Waals surface area contributed by atoms with E-state index in [1.54, 1.807) is 6.92 Å². The van der Waals surface area contributed by atoms with Crippen molar-refractivity contribution in [2.75, 3.05) is 13.7 Å². The summed E-state index contributed by atoms with van der Waals surface area (Å²) in [5.41, 5.74) is 0.0821. The normalized spacial score (nSPS) is 9.57. The molecule has 0 saturated carbocycles. The van der Waals surface area contributed by atoms with E-state index >= 15 is 0 Å². The molecule has 0 aliphatic rings. The van der Waals surface area contributed by atoms with Crippen molar-refractivity contribution >= 4 is 11.9 Å². The predicted molar refractivity (Wildman–Crippen MR) is 46.0 cm³/mol. The zero-order valence-electron chi connectivity index (χ0n) is 7.90. The molecule has 5 heteroatoms. The Kier molecular flexibility index (Phi) is 3.28. The van der Waals surface area contributed by atoms with Gasteiger partial charge in [-0.15, -0.1) is 0 Å². The highest BCUT2D eigenvalue weighted by molar-refractivity contribution is 6.01. The van der Waals surface area contributed by atoms with Gasteiger partial charge in [0.2, 0.25) is 5.76 Å². The first-order chi connectivity index (χ1) is 6.70. The molecule has 0 N–H and O–H groups in total. The van der Waals surface area contributed by atoms with Crippen molar-refractivity contribution in [3.63, 3.8) is 0 Å². The van der Waals surface area contributed by atoms with E-state index < -0.39 is 11.9 Å². The Hall–Kier alpha value is -1.78. The number of ether oxygens (including phenoxy) is 2. The van der Waals surface area contributed by atoms with Gasteiger partial charge in [0.15, 0.2) is 0 Å². The number of methoxy groups -OCH3 is 1. The summed E-state index contributed by atoms with van der Waals surface area (Å²) in [7, 11) is 1.21. The maximum absolute atomic E-state index is 11.3. The Morgan fingerprint density at radius 1 is 1.43 bits per heavy atom. The van der Waals surface area contributed by atoms with E-state index in [1.807, 2.05) is 0 Å². The lowest BCUT2D eigenvalue weighted by Crippen LogP contribution is -2.10. The maximum Gasteiger partial charge on any atom is 0.374 e. The van der Waals surface area contributed by atoms with Crippen LogP contribution < -0.4 is 0 Å². The van der Waals surface area contributed by atoms with Crippen LogP contribution in [0.5, 0.6) is 0 Å². The molecule has 0 unspecified atom stereocenters. The van der Waals surface area contributed by atoms with Crippen LogP contribution in [0.1, 0.15) is 27.8 Å². The highest BCUT2D eigenvalue weighted by Gasteiger charge is 2.21. The van der Waals surface area contributed by atoms with E-state index in [4.69, 9.17) is 9.15 Å². The minimum atomic E-state index is -0.696. The van der Waals surface area contributed by atoms with E-state index in [0.717, 1.165) is 0 Å². The molecule has 0 aliphatic carbocycles. The molecule has 0 amide bonds. The second-order valence-corrected chi connectivity index (χ2v) is 2.38. The molecule has 1 aromatic rings. The molecule has 0 radical (unpaired) electrons. The van der Waals surface area contributed by atoms with Crippen molar-refractivity contribution < 1.29 is 23.5 Å². The van der Waals surface area contributed by atoms with Crippen LogP contribution in [-0.2, 0) is 9.47 Å². The van der Waals surface area contributed by atoms with Crippen molar-refractivity contribution in [1.29, 1.82) is 0 Å². The third kappa shape index (κ3) is 1.93. The minimum absolute atomic E-state index is 0.0821. The van der Waals surface area contributed by atoms with Crippen molar-refractivity contribution in [2.24, 2.45) is 0 Å². The molecule has 0 bridgehead atoms. The zero-order valence-corrected chi connectivity index (χ0v) is 7.90. The van der Waals surface area contributed by atoms with Gasteiger partial charge in [-0.2, -0.15) is 0 Å². The van der Waals surface area contributed by atoms with E-state index in [1.165, 1.54) is 19.4 Å². The highest BCUT2D eigenvalue weighted by Crippen LogP contribution is 2.12. The second kappa shape index (κ2) is 4.45. The molecule has 5 nitrogen and oxygen atoms in total. The number of carbonyl (C=O) groups excluding carboxylic acids is 2. The number of furan rings is 1. The third-order valence-corrected chi connectivity index (χ3v) is 1.53.